The minimum Gasteiger partial charge on any atom is -0.493 e. The van der Waals surface area contributed by atoms with Crippen LogP contribution in [0.25, 0.3) is 11.0 Å². The van der Waals surface area contributed by atoms with Crippen LogP contribution >= 0.6 is 0 Å². The lowest BCUT2D eigenvalue weighted by Crippen LogP contribution is -2.00. The second-order valence-corrected chi connectivity index (χ2v) is 6.26. The summed E-state index contributed by atoms with van der Waals surface area (Å²) in [5, 5.41) is 4.20. The number of methoxy groups -OCH3 is 1. The highest BCUT2D eigenvalue weighted by Gasteiger charge is 2.08. The van der Waals surface area contributed by atoms with Gasteiger partial charge in [-0.05, 0) is 42.0 Å². The van der Waals surface area contributed by atoms with Crippen molar-refractivity contribution in [3.8, 4) is 11.5 Å². The Balaban J connectivity index is 1.43. The normalized spacial score (nSPS) is 11.1. The van der Waals surface area contributed by atoms with Crippen LogP contribution in [0.2, 0.25) is 0 Å². The number of halogens is 1. The molecule has 3 aromatic carbocycles. The molecule has 0 aliphatic heterocycles. The lowest BCUT2D eigenvalue weighted by molar-refractivity contribution is 0.279. The number of imidazole rings is 1. The third kappa shape index (κ3) is 4.35. The molecule has 29 heavy (non-hydrogen) atoms. The van der Waals surface area contributed by atoms with Crippen LogP contribution in [-0.4, -0.2) is 23.3 Å². The Morgan fingerprint density at radius 1 is 1.07 bits per heavy atom. The fourth-order valence-electron chi connectivity index (χ4n) is 2.83. The van der Waals surface area contributed by atoms with Crippen molar-refractivity contribution >= 4 is 23.2 Å². The molecule has 0 radical (unpaired) electrons. The summed E-state index contributed by atoms with van der Waals surface area (Å²) in [7, 11) is 1.55. The van der Waals surface area contributed by atoms with Gasteiger partial charge in [-0.1, -0.05) is 30.3 Å². The molecule has 146 valence electrons. The Labute approximate surface area is 167 Å². The predicted octanol–water partition coefficient (Wildman–Crippen LogP) is 4.74. The number of anilines is 1. The van der Waals surface area contributed by atoms with Crippen LogP contribution in [0.4, 0.5) is 10.3 Å². The van der Waals surface area contributed by atoms with E-state index in [1.54, 1.807) is 43.7 Å². The van der Waals surface area contributed by atoms with Crippen LogP contribution in [0.5, 0.6) is 11.5 Å². The molecule has 0 spiro atoms. The Morgan fingerprint density at radius 2 is 1.90 bits per heavy atom. The fourth-order valence-corrected chi connectivity index (χ4v) is 2.83. The SMILES string of the molecule is COc1cc(/C=N\Nc2nc3ccccc3[nH]2)ccc1OCc1ccccc1F. The van der Waals surface area contributed by atoms with E-state index in [4.69, 9.17) is 9.47 Å². The van der Waals surface area contributed by atoms with Crippen LogP contribution in [-0.2, 0) is 6.61 Å². The molecule has 6 nitrogen and oxygen atoms in total. The number of aromatic nitrogens is 2. The van der Waals surface area contributed by atoms with E-state index in [1.165, 1.54) is 6.07 Å². The first-order valence-corrected chi connectivity index (χ1v) is 9.01. The number of hydrogen-bond acceptors (Lipinski definition) is 5. The van der Waals surface area contributed by atoms with Gasteiger partial charge in [-0.2, -0.15) is 5.10 Å². The van der Waals surface area contributed by atoms with Crippen molar-refractivity contribution in [2.75, 3.05) is 12.5 Å². The monoisotopic (exact) mass is 390 g/mol. The number of fused-ring (bicyclic) bond motifs is 1. The third-order valence-corrected chi connectivity index (χ3v) is 4.30. The van der Waals surface area contributed by atoms with Crippen LogP contribution in [0.15, 0.2) is 71.8 Å². The Hall–Kier alpha value is -3.87. The lowest BCUT2D eigenvalue weighted by atomic mass is 10.2. The number of hydrogen-bond donors (Lipinski definition) is 2. The van der Waals surface area contributed by atoms with Gasteiger partial charge in [0.15, 0.2) is 11.5 Å². The number of benzene rings is 3. The zero-order valence-electron chi connectivity index (χ0n) is 15.7. The summed E-state index contributed by atoms with van der Waals surface area (Å²) in [5.41, 5.74) is 5.96. The zero-order valence-corrected chi connectivity index (χ0v) is 15.7. The zero-order chi connectivity index (χ0) is 20.1. The summed E-state index contributed by atoms with van der Waals surface area (Å²) < 4.78 is 24.8. The summed E-state index contributed by atoms with van der Waals surface area (Å²) in [4.78, 5) is 7.54. The van der Waals surface area contributed by atoms with Crippen molar-refractivity contribution in [3.63, 3.8) is 0 Å². The van der Waals surface area contributed by atoms with Gasteiger partial charge in [0.25, 0.3) is 0 Å². The smallest absolute Gasteiger partial charge is 0.222 e. The molecule has 0 unspecified atom stereocenters. The standard InChI is InChI=1S/C22H19FN4O2/c1-28-21-12-15(10-11-20(21)29-14-16-6-2-3-7-17(16)23)13-24-27-22-25-18-8-4-5-9-19(18)26-22/h2-13H,14H2,1H3,(H2,25,26,27)/b24-13-. The lowest BCUT2D eigenvalue weighted by Gasteiger charge is -2.11. The number of nitrogens with zero attached hydrogens (tertiary/aromatic N) is 2. The molecule has 0 amide bonds. The highest BCUT2D eigenvalue weighted by Crippen LogP contribution is 2.28. The number of nitrogens with one attached hydrogen (secondary N) is 2. The van der Waals surface area contributed by atoms with E-state index in [2.05, 4.69) is 20.5 Å². The first-order chi connectivity index (χ1) is 14.2. The fraction of sp³-hybridized carbons (Fsp3) is 0.0909. The van der Waals surface area contributed by atoms with Crippen LogP contribution < -0.4 is 14.9 Å². The summed E-state index contributed by atoms with van der Waals surface area (Å²) in [5.74, 6) is 1.32. The number of rotatable bonds is 7. The second kappa shape index (κ2) is 8.43. The molecule has 0 aliphatic rings. The van der Waals surface area contributed by atoms with Crippen molar-refractivity contribution in [1.82, 2.24) is 9.97 Å². The van der Waals surface area contributed by atoms with Gasteiger partial charge in [-0.3, -0.25) is 0 Å². The van der Waals surface area contributed by atoms with Gasteiger partial charge in [0, 0.05) is 5.56 Å². The summed E-state index contributed by atoms with van der Waals surface area (Å²) in [6.45, 7) is 0.115. The first kappa shape index (κ1) is 18.5. The van der Waals surface area contributed by atoms with Crippen molar-refractivity contribution in [2.24, 2.45) is 5.10 Å². The molecule has 0 saturated heterocycles. The molecule has 0 saturated carbocycles. The quantitative estimate of drug-likeness (QED) is 0.353. The maximum absolute atomic E-state index is 13.7. The topological polar surface area (TPSA) is 71.5 Å². The Morgan fingerprint density at radius 3 is 2.72 bits per heavy atom. The molecule has 0 bridgehead atoms. The van der Waals surface area contributed by atoms with Crippen molar-refractivity contribution in [3.05, 3.63) is 83.7 Å². The highest BCUT2D eigenvalue weighted by molar-refractivity contribution is 5.82. The van der Waals surface area contributed by atoms with Gasteiger partial charge in [0.1, 0.15) is 12.4 Å². The van der Waals surface area contributed by atoms with Crippen molar-refractivity contribution < 1.29 is 13.9 Å². The molecule has 0 fully saturated rings. The van der Waals surface area contributed by atoms with Gasteiger partial charge in [0.2, 0.25) is 5.95 Å². The number of H-pyrrole nitrogens is 1. The second-order valence-electron chi connectivity index (χ2n) is 6.26. The van der Waals surface area contributed by atoms with Gasteiger partial charge >= 0.3 is 0 Å². The molecule has 7 heteroatoms. The minimum atomic E-state index is -0.299. The van der Waals surface area contributed by atoms with Gasteiger partial charge in [-0.15, -0.1) is 0 Å². The summed E-state index contributed by atoms with van der Waals surface area (Å²) >= 11 is 0. The van der Waals surface area contributed by atoms with E-state index in [-0.39, 0.29) is 12.4 Å². The van der Waals surface area contributed by atoms with Gasteiger partial charge in [-0.25, -0.2) is 14.8 Å². The largest absolute Gasteiger partial charge is 0.493 e. The molecule has 4 aromatic rings. The van der Waals surface area contributed by atoms with E-state index in [1.807, 2.05) is 30.3 Å². The molecule has 1 aromatic heterocycles. The number of aromatic amines is 1. The van der Waals surface area contributed by atoms with E-state index < -0.39 is 0 Å². The maximum atomic E-state index is 13.7. The average molecular weight is 390 g/mol. The molecule has 1 heterocycles. The number of ether oxygens (including phenoxy) is 2. The molecular weight excluding hydrogens is 371 g/mol. The van der Waals surface area contributed by atoms with E-state index in [0.717, 1.165) is 16.6 Å². The predicted molar refractivity (Wildman–Crippen MR) is 111 cm³/mol. The van der Waals surface area contributed by atoms with Gasteiger partial charge < -0.3 is 14.5 Å². The molecule has 2 N–H and O–H groups in total. The number of hydrazone groups is 1. The van der Waals surface area contributed by atoms with Crippen molar-refractivity contribution in [2.45, 2.75) is 6.61 Å². The molecule has 4 rings (SSSR count). The highest BCUT2D eigenvalue weighted by atomic mass is 19.1. The van der Waals surface area contributed by atoms with Crippen LogP contribution in [0.1, 0.15) is 11.1 Å². The van der Waals surface area contributed by atoms with Crippen LogP contribution in [0, 0.1) is 5.82 Å². The molecule has 0 aliphatic carbocycles. The van der Waals surface area contributed by atoms with E-state index in [0.29, 0.717) is 23.0 Å². The summed E-state index contributed by atoms with van der Waals surface area (Å²) in [6, 6.07) is 19.6. The summed E-state index contributed by atoms with van der Waals surface area (Å²) in [6.07, 6.45) is 1.65. The first-order valence-electron chi connectivity index (χ1n) is 9.01. The van der Waals surface area contributed by atoms with Crippen LogP contribution in [0.3, 0.4) is 0 Å². The van der Waals surface area contributed by atoms with E-state index >= 15 is 0 Å². The van der Waals surface area contributed by atoms with E-state index in [9.17, 15) is 4.39 Å². The average Bonchev–Trinajstić information content (AvgIpc) is 3.16. The molecular formula is C22H19FN4O2. The molecule has 0 atom stereocenters. The number of para-hydroxylation sites is 2. The Bertz CT molecular complexity index is 1120. The maximum Gasteiger partial charge on any atom is 0.222 e. The third-order valence-electron chi connectivity index (χ3n) is 4.30. The minimum absolute atomic E-state index is 0.115. The Kier molecular flexibility index (Phi) is 5.38. The van der Waals surface area contributed by atoms with Crippen molar-refractivity contribution in [1.29, 1.82) is 0 Å². The van der Waals surface area contributed by atoms with Gasteiger partial charge in [0.05, 0.1) is 24.4 Å².